The molecule has 0 radical (unpaired) electrons. The molecule has 1 fully saturated rings. The van der Waals surface area contributed by atoms with E-state index in [9.17, 15) is 0 Å². The van der Waals surface area contributed by atoms with Gasteiger partial charge in [-0.1, -0.05) is 28.1 Å². The molecule has 2 rings (SSSR count). The molecule has 0 aliphatic carbocycles. The fraction of sp³-hybridized carbons (Fsp3) is 0.400. The second kappa shape index (κ2) is 3.58. The van der Waals surface area contributed by atoms with Crippen molar-refractivity contribution in [3.05, 3.63) is 34.3 Å². The van der Waals surface area contributed by atoms with Crippen LogP contribution in [-0.2, 0) is 6.42 Å². The van der Waals surface area contributed by atoms with E-state index in [2.05, 4.69) is 45.5 Å². The molecule has 1 aliphatic rings. The quantitative estimate of drug-likeness (QED) is 0.815. The van der Waals surface area contributed by atoms with Gasteiger partial charge in [0.25, 0.3) is 0 Å². The Kier molecular flexibility index (Phi) is 2.47. The van der Waals surface area contributed by atoms with E-state index < -0.39 is 0 Å². The number of benzene rings is 1. The van der Waals surface area contributed by atoms with Gasteiger partial charge in [0.05, 0.1) is 0 Å². The van der Waals surface area contributed by atoms with Gasteiger partial charge >= 0.3 is 0 Å². The predicted octanol–water partition coefficient (Wildman–Crippen LogP) is 2.21. The summed E-state index contributed by atoms with van der Waals surface area (Å²) >= 11 is 3.48. The van der Waals surface area contributed by atoms with E-state index in [1.807, 2.05) is 0 Å². The third-order valence-electron chi connectivity index (χ3n) is 2.28. The molecular formula is C10H12BrN. The van der Waals surface area contributed by atoms with Crippen LogP contribution in [-0.4, -0.2) is 13.1 Å². The second-order valence-corrected chi connectivity index (χ2v) is 4.27. The highest BCUT2D eigenvalue weighted by Gasteiger charge is 2.16. The predicted molar refractivity (Wildman–Crippen MR) is 54.2 cm³/mol. The van der Waals surface area contributed by atoms with Gasteiger partial charge in [0, 0.05) is 4.47 Å². The summed E-state index contributed by atoms with van der Waals surface area (Å²) in [7, 11) is 0. The highest BCUT2D eigenvalue weighted by atomic mass is 79.9. The Bertz CT molecular complexity index is 268. The molecule has 64 valence electrons. The summed E-state index contributed by atoms with van der Waals surface area (Å²) in [5.74, 6) is 0.860. The van der Waals surface area contributed by atoms with Crippen LogP contribution in [0.3, 0.4) is 0 Å². The molecule has 0 spiro atoms. The Morgan fingerprint density at radius 1 is 1.42 bits per heavy atom. The van der Waals surface area contributed by atoms with Crippen LogP contribution >= 0.6 is 15.9 Å². The molecule has 2 heteroatoms. The van der Waals surface area contributed by atoms with E-state index in [1.54, 1.807) is 0 Å². The molecule has 1 N–H and O–H groups in total. The van der Waals surface area contributed by atoms with Crippen molar-refractivity contribution in [2.45, 2.75) is 6.42 Å². The molecule has 1 heterocycles. The van der Waals surface area contributed by atoms with Crippen molar-refractivity contribution in [1.82, 2.24) is 5.32 Å². The van der Waals surface area contributed by atoms with Crippen molar-refractivity contribution >= 4 is 15.9 Å². The number of nitrogens with one attached hydrogen (secondary N) is 1. The van der Waals surface area contributed by atoms with Gasteiger partial charge in [-0.3, -0.25) is 0 Å². The smallest absolute Gasteiger partial charge is 0.0177 e. The second-order valence-electron chi connectivity index (χ2n) is 3.36. The zero-order valence-corrected chi connectivity index (χ0v) is 8.47. The molecule has 0 bridgehead atoms. The summed E-state index contributed by atoms with van der Waals surface area (Å²) in [5, 5.41) is 3.28. The van der Waals surface area contributed by atoms with Gasteiger partial charge in [0.15, 0.2) is 0 Å². The summed E-state index contributed by atoms with van der Waals surface area (Å²) in [6.07, 6.45) is 1.21. The highest BCUT2D eigenvalue weighted by Crippen LogP contribution is 2.16. The summed E-state index contributed by atoms with van der Waals surface area (Å²) in [6, 6.07) is 8.58. The van der Waals surface area contributed by atoms with Crippen LogP contribution in [0.15, 0.2) is 28.7 Å². The molecule has 1 saturated heterocycles. The minimum Gasteiger partial charge on any atom is -0.316 e. The average Bonchev–Trinajstić information content (AvgIpc) is 1.97. The first-order valence-electron chi connectivity index (χ1n) is 4.30. The Labute approximate surface area is 81.3 Å². The third kappa shape index (κ3) is 1.87. The lowest BCUT2D eigenvalue weighted by atomic mass is 9.95. The molecule has 1 nitrogen and oxygen atoms in total. The van der Waals surface area contributed by atoms with Gasteiger partial charge in [-0.25, -0.2) is 0 Å². The van der Waals surface area contributed by atoms with Crippen LogP contribution in [0.5, 0.6) is 0 Å². The standard InChI is InChI=1S/C10H12BrN/c11-10-3-1-2-8(5-10)4-9-6-12-7-9/h1-3,5,9,12H,4,6-7H2. The van der Waals surface area contributed by atoms with E-state index in [0.717, 1.165) is 5.92 Å². The van der Waals surface area contributed by atoms with Crippen LogP contribution in [0.2, 0.25) is 0 Å². The highest BCUT2D eigenvalue weighted by molar-refractivity contribution is 9.10. The normalized spacial score (nSPS) is 17.4. The fourth-order valence-corrected chi connectivity index (χ4v) is 1.94. The molecule has 1 aromatic carbocycles. The van der Waals surface area contributed by atoms with Crippen molar-refractivity contribution in [2.24, 2.45) is 5.92 Å². The number of hydrogen-bond donors (Lipinski definition) is 1. The van der Waals surface area contributed by atoms with Gasteiger partial charge < -0.3 is 5.32 Å². The Balaban J connectivity index is 2.02. The monoisotopic (exact) mass is 225 g/mol. The van der Waals surface area contributed by atoms with Gasteiger partial charge in [0.1, 0.15) is 0 Å². The van der Waals surface area contributed by atoms with E-state index in [1.165, 1.54) is 29.5 Å². The van der Waals surface area contributed by atoms with Gasteiger partial charge in [-0.15, -0.1) is 0 Å². The van der Waals surface area contributed by atoms with E-state index in [-0.39, 0.29) is 0 Å². The Morgan fingerprint density at radius 2 is 2.25 bits per heavy atom. The summed E-state index contributed by atoms with van der Waals surface area (Å²) in [5.41, 5.74) is 1.44. The molecule has 1 aliphatic heterocycles. The number of halogens is 1. The van der Waals surface area contributed by atoms with Crippen LogP contribution in [0.4, 0.5) is 0 Å². The third-order valence-corrected chi connectivity index (χ3v) is 2.77. The van der Waals surface area contributed by atoms with Gasteiger partial charge in [-0.2, -0.15) is 0 Å². The fourth-order valence-electron chi connectivity index (χ4n) is 1.49. The summed E-state index contributed by atoms with van der Waals surface area (Å²) < 4.78 is 1.19. The van der Waals surface area contributed by atoms with Crippen molar-refractivity contribution in [1.29, 1.82) is 0 Å². The maximum Gasteiger partial charge on any atom is 0.0177 e. The molecule has 0 amide bonds. The molecular weight excluding hydrogens is 214 g/mol. The molecule has 0 saturated carbocycles. The van der Waals surface area contributed by atoms with E-state index >= 15 is 0 Å². The maximum absolute atomic E-state index is 3.48. The van der Waals surface area contributed by atoms with Crippen molar-refractivity contribution in [3.63, 3.8) is 0 Å². The minimum absolute atomic E-state index is 0.860. The van der Waals surface area contributed by atoms with Crippen LogP contribution in [0.1, 0.15) is 5.56 Å². The van der Waals surface area contributed by atoms with Crippen molar-refractivity contribution in [3.8, 4) is 0 Å². The Morgan fingerprint density at radius 3 is 2.83 bits per heavy atom. The average molecular weight is 226 g/mol. The van der Waals surface area contributed by atoms with Gasteiger partial charge in [0.2, 0.25) is 0 Å². The summed E-state index contributed by atoms with van der Waals surface area (Å²) in [4.78, 5) is 0. The molecule has 0 aromatic heterocycles. The Hall–Kier alpha value is -0.340. The van der Waals surface area contributed by atoms with Crippen LogP contribution in [0.25, 0.3) is 0 Å². The zero-order valence-electron chi connectivity index (χ0n) is 6.89. The lowest BCUT2D eigenvalue weighted by Gasteiger charge is -2.27. The van der Waals surface area contributed by atoms with E-state index in [0.29, 0.717) is 0 Å². The first-order valence-corrected chi connectivity index (χ1v) is 5.09. The number of rotatable bonds is 2. The van der Waals surface area contributed by atoms with Crippen LogP contribution < -0.4 is 5.32 Å². The lowest BCUT2D eigenvalue weighted by molar-refractivity contribution is 0.346. The van der Waals surface area contributed by atoms with Gasteiger partial charge in [-0.05, 0) is 43.1 Å². The lowest BCUT2D eigenvalue weighted by Crippen LogP contribution is -2.43. The first kappa shape index (κ1) is 8.27. The SMILES string of the molecule is Brc1cccc(CC2CNC2)c1. The molecule has 0 atom stereocenters. The van der Waals surface area contributed by atoms with Crippen molar-refractivity contribution < 1.29 is 0 Å². The van der Waals surface area contributed by atoms with Crippen molar-refractivity contribution in [2.75, 3.05) is 13.1 Å². The molecule has 12 heavy (non-hydrogen) atoms. The topological polar surface area (TPSA) is 12.0 Å². The van der Waals surface area contributed by atoms with Crippen LogP contribution in [0, 0.1) is 5.92 Å². The molecule has 0 unspecified atom stereocenters. The number of hydrogen-bond acceptors (Lipinski definition) is 1. The maximum atomic E-state index is 3.48. The molecule has 1 aromatic rings. The summed E-state index contributed by atoms with van der Waals surface area (Å²) in [6.45, 7) is 2.37. The first-order chi connectivity index (χ1) is 5.84. The van der Waals surface area contributed by atoms with E-state index in [4.69, 9.17) is 0 Å². The minimum atomic E-state index is 0.860. The zero-order chi connectivity index (χ0) is 8.39. The largest absolute Gasteiger partial charge is 0.316 e.